The summed E-state index contributed by atoms with van der Waals surface area (Å²) in [6, 6.07) is 8.95. The predicted molar refractivity (Wildman–Crippen MR) is 139 cm³/mol. The fraction of sp³-hybridized carbons (Fsp3) is 0.280. The number of halogens is 4. The van der Waals surface area contributed by atoms with Crippen LogP contribution in [0.1, 0.15) is 21.6 Å². The first-order valence-corrected chi connectivity index (χ1v) is 12.8. The number of rotatable bonds is 6. The van der Waals surface area contributed by atoms with Crippen molar-refractivity contribution in [1.82, 2.24) is 9.88 Å². The zero-order valence-corrected chi connectivity index (χ0v) is 21.4. The molecule has 8 nitrogen and oxygen atoms in total. The summed E-state index contributed by atoms with van der Waals surface area (Å²) in [6.07, 6.45) is -3.16. The molecule has 38 heavy (non-hydrogen) atoms. The molecule has 1 fully saturated rings. The molecule has 13 heteroatoms. The zero-order valence-electron chi connectivity index (χ0n) is 19.9. The number of benzene rings is 2. The van der Waals surface area contributed by atoms with E-state index in [0.717, 1.165) is 11.6 Å². The van der Waals surface area contributed by atoms with E-state index >= 15 is 0 Å². The third kappa shape index (κ3) is 5.52. The minimum absolute atomic E-state index is 0.0172. The lowest BCUT2D eigenvalue weighted by molar-refractivity contribution is -0.138. The number of hydrogen-bond acceptors (Lipinski definition) is 8. The molecule has 3 N–H and O–H groups in total. The number of piperazine rings is 1. The molecule has 3 aromatic rings. The average Bonchev–Trinajstić information content (AvgIpc) is 3.49. The van der Waals surface area contributed by atoms with E-state index in [0.29, 0.717) is 52.3 Å². The highest BCUT2D eigenvalue weighted by Crippen LogP contribution is 2.39. The minimum atomic E-state index is -4.61. The first-order valence-electron chi connectivity index (χ1n) is 11.6. The van der Waals surface area contributed by atoms with E-state index in [1.165, 1.54) is 23.5 Å². The predicted octanol–water partition coefficient (Wildman–Crippen LogP) is 2.54. The Bertz CT molecular complexity index is 1550. The fourth-order valence-corrected chi connectivity index (χ4v) is 5.76. The van der Waals surface area contributed by atoms with Crippen LogP contribution in [-0.2, 0) is 17.4 Å². The number of carbonyl (C=O) groups is 1. The van der Waals surface area contributed by atoms with Gasteiger partial charge in [0.05, 0.1) is 28.6 Å². The largest absolute Gasteiger partial charge is 0.492 e. The number of nitrogens with zero attached hydrogens (tertiary/aromatic N) is 5. The Morgan fingerprint density at radius 2 is 1.89 bits per heavy atom. The van der Waals surface area contributed by atoms with Crippen LogP contribution >= 0.6 is 22.9 Å². The molecule has 0 radical (unpaired) electrons. The highest BCUT2D eigenvalue weighted by molar-refractivity contribution is 7.17. The van der Waals surface area contributed by atoms with Crippen LogP contribution in [0.3, 0.4) is 0 Å². The number of hydrogen-bond donors (Lipinski definition) is 2. The molecule has 2 aliphatic heterocycles. The molecule has 2 aliphatic rings. The third-order valence-electron chi connectivity index (χ3n) is 6.38. The van der Waals surface area contributed by atoms with Crippen molar-refractivity contribution in [2.75, 3.05) is 37.6 Å². The summed E-state index contributed by atoms with van der Waals surface area (Å²) >= 11 is 7.10. The van der Waals surface area contributed by atoms with Crippen LogP contribution in [0, 0.1) is 0 Å². The number of aromatic hydroxyl groups is 1. The Kier molecular flexibility index (Phi) is 7.12. The lowest BCUT2D eigenvalue weighted by Gasteiger charge is -2.33. The Hall–Kier alpha value is -3.48. The van der Waals surface area contributed by atoms with Gasteiger partial charge in [0, 0.05) is 43.2 Å². The normalized spacial score (nSPS) is 16.4. The second kappa shape index (κ2) is 10.4. The quantitative estimate of drug-likeness (QED) is 0.480. The van der Waals surface area contributed by atoms with Gasteiger partial charge in [-0.15, -0.1) is 0 Å². The molecule has 0 bridgehead atoms. The van der Waals surface area contributed by atoms with Gasteiger partial charge in [-0.2, -0.15) is 28.4 Å². The van der Waals surface area contributed by atoms with Gasteiger partial charge in [-0.25, -0.2) is 0 Å². The molecular weight excluding hydrogens is 541 g/mol. The van der Waals surface area contributed by atoms with Crippen LogP contribution in [0.5, 0.6) is 5.88 Å². The Labute approximate surface area is 224 Å². The Morgan fingerprint density at radius 3 is 2.61 bits per heavy atom. The number of fused-ring (bicyclic) bond motifs is 1. The number of anilines is 1. The second-order valence-corrected chi connectivity index (χ2v) is 10.4. The molecule has 0 unspecified atom stereocenters. The maximum Gasteiger partial charge on any atom is 0.416 e. The number of alkyl halides is 3. The summed E-state index contributed by atoms with van der Waals surface area (Å²) in [4.78, 5) is 19.9. The molecule has 1 aromatic heterocycles. The highest BCUT2D eigenvalue weighted by Gasteiger charge is 2.34. The second-order valence-electron chi connectivity index (χ2n) is 8.95. The monoisotopic (exact) mass is 562 g/mol. The van der Waals surface area contributed by atoms with Gasteiger partial charge >= 0.3 is 6.18 Å². The molecule has 0 spiro atoms. The van der Waals surface area contributed by atoms with E-state index in [1.54, 1.807) is 24.4 Å². The molecule has 2 aromatic carbocycles. The van der Waals surface area contributed by atoms with Crippen molar-refractivity contribution in [2.45, 2.75) is 12.6 Å². The van der Waals surface area contributed by atoms with Crippen LogP contribution in [0.15, 0.2) is 46.6 Å². The number of nitrogens with two attached hydrogens (primary N) is 1. The highest BCUT2D eigenvalue weighted by atomic mass is 35.5. The average molecular weight is 563 g/mol. The van der Waals surface area contributed by atoms with Gasteiger partial charge in [0.25, 0.3) is 0 Å². The molecule has 0 saturated carbocycles. The van der Waals surface area contributed by atoms with Crippen molar-refractivity contribution < 1.29 is 23.1 Å². The summed E-state index contributed by atoms with van der Waals surface area (Å²) in [5.74, 6) is -0.666. The molecule has 5 rings (SSSR count). The number of carbonyl (C=O) groups excluding carboxylic acids is 1. The van der Waals surface area contributed by atoms with Crippen molar-refractivity contribution in [3.05, 3.63) is 73.6 Å². The van der Waals surface area contributed by atoms with Crippen molar-refractivity contribution in [3.8, 4) is 5.88 Å². The summed E-state index contributed by atoms with van der Waals surface area (Å²) in [5.41, 5.74) is 5.68. The summed E-state index contributed by atoms with van der Waals surface area (Å²) in [7, 11) is 0. The van der Waals surface area contributed by atoms with Crippen LogP contribution in [0.2, 0.25) is 5.02 Å². The van der Waals surface area contributed by atoms with Gasteiger partial charge in [-0.1, -0.05) is 35.1 Å². The summed E-state index contributed by atoms with van der Waals surface area (Å²) in [6.45, 7) is 2.45. The lowest BCUT2D eigenvalue weighted by atomic mass is 9.96. The van der Waals surface area contributed by atoms with Crippen LogP contribution < -0.4 is 21.2 Å². The smallest absolute Gasteiger partial charge is 0.416 e. The number of aromatic nitrogens is 1. The van der Waals surface area contributed by atoms with E-state index in [1.807, 2.05) is 9.80 Å². The van der Waals surface area contributed by atoms with Gasteiger partial charge in [0.2, 0.25) is 11.8 Å². The van der Waals surface area contributed by atoms with Gasteiger partial charge in [-0.3, -0.25) is 9.69 Å². The van der Waals surface area contributed by atoms with Crippen LogP contribution in [0.4, 0.5) is 18.3 Å². The number of thiazole rings is 1. The Morgan fingerprint density at radius 1 is 1.13 bits per heavy atom. The van der Waals surface area contributed by atoms with Crippen molar-refractivity contribution in [3.63, 3.8) is 0 Å². The molecular formula is C25H22ClF3N6O2S. The maximum atomic E-state index is 13.9. The van der Waals surface area contributed by atoms with Crippen molar-refractivity contribution in [1.29, 1.82) is 0 Å². The minimum Gasteiger partial charge on any atom is -0.492 e. The zero-order chi connectivity index (χ0) is 27.0. The SMILES string of the molecule is NC(=O)CN1CCN(c2nc(O)c(C(Cc3ccc(Cl)cc3C(F)(F)F)=c3ccc4c(c3)C=NN=4)s2)CC1. The standard InChI is InChI=1S/C25H22ClF3N6O2S/c26-17-3-1-15(19(11-17)25(27,28)29)10-18(14-2-4-20-16(9-14)12-31-33-20)22-23(37)32-24(38-22)35-7-5-34(6-8-35)13-21(30)36/h1-4,9,11-12,37H,5-8,10,13H2,(H2,30,36). The van der Waals surface area contributed by atoms with Gasteiger partial charge in [0.1, 0.15) is 0 Å². The van der Waals surface area contributed by atoms with Crippen LogP contribution in [-0.4, -0.2) is 59.8 Å². The van der Waals surface area contributed by atoms with E-state index in [2.05, 4.69) is 15.2 Å². The first kappa shape index (κ1) is 26.1. The molecule has 3 heterocycles. The van der Waals surface area contributed by atoms with E-state index in [4.69, 9.17) is 17.3 Å². The van der Waals surface area contributed by atoms with Gasteiger partial charge in [-0.05, 0) is 40.6 Å². The van der Waals surface area contributed by atoms with E-state index in [9.17, 15) is 23.1 Å². The number of amides is 1. The molecule has 0 aliphatic carbocycles. The maximum absolute atomic E-state index is 13.9. The van der Waals surface area contributed by atoms with Crippen LogP contribution in [0.25, 0.3) is 5.57 Å². The summed E-state index contributed by atoms with van der Waals surface area (Å²) < 4.78 is 41.7. The van der Waals surface area contributed by atoms with Crippen molar-refractivity contribution >= 4 is 45.8 Å². The topological polar surface area (TPSA) is 107 Å². The molecule has 0 atom stereocenters. The molecule has 1 saturated heterocycles. The number of primary amides is 1. The van der Waals surface area contributed by atoms with Gasteiger partial charge in [0.15, 0.2) is 5.13 Å². The first-order chi connectivity index (χ1) is 18.1. The Balaban J connectivity index is 1.56. The van der Waals surface area contributed by atoms with E-state index < -0.39 is 17.6 Å². The van der Waals surface area contributed by atoms with Crippen molar-refractivity contribution in [2.24, 2.45) is 15.9 Å². The van der Waals surface area contributed by atoms with E-state index in [-0.39, 0.29) is 29.4 Å². The third-order valence-corrected chi connectivity index (χ3v) is 7.78. The fourth-order valence-electron chi connectivity index (χ4n) is 4.51. The summed E-state index contributed by atoms with van der Waals surface area (Å²) in [5, 5.41) is 20.6. The molecule has 198 valence electrons. The van der Waals surface area contributed by atoms with Gasteiger partial charge < -0.3 is 15.7 Å². The molecule has 1 amide bonds. The lowest BCUT2D eigenvalue weighted by Crippen LogP contribution is -2.48.